The van der Waals surface area contributed by atoms with E-state index in [4.69, 9.17) is 0 Å². The highest BCUT2D eigenvalue weighted by Crippen LogP contribution is 2.35. The van der Waals surface area contributed by atoms with Crippen molar-refractivity contribution < 1.29 is 4.79 Å². The number of aromatic nitrogens is 4. The third-order valence-corrected chi connectivity index (χ3v) is 6.55. The van der Waals surface area contributed by atoms with Gasteiger partial charge in [0, 0.05) is 81.2 Å². The maximum atomic E-state index is 13.3. The standard InChI is InChI=1S/C23H28N6O2/c1-26(8-9-27-7-6-25-16-27)14-19-2-3-21-20-10-17(13-29(21)23(19)31)12-28(15-20)22(30)18-4-5-24-11-18/h2-7,11,16-17,20,24H,8-10,12-15H2,1H3/t17-,20+/m0/s1. The van der Waals surface area contributed by atoms with E-state index in [1.165, 1.54) is 0 Å². The van der Waals surface area contributed by atoms with E-state index < -0.39 is 0 Å². The lowest BCUT2D eigenvalue weighted by molar-refractivity contribution is 0.0594. The number of hydrogen-bond donors (Lipinski definition) is 1. The highest BCUT2D eigenvalue weighted by atomic mass is 16.2. The number of carbonyl (C=O) groups excluding carboxylic acids is 1. The Hall–Kier alpha value is -3.13. The summed E-state index contributed by atoms with van der Waals surface area (Å²) in [6.45, 7) is 4.39. The predicted molar refractivity (Wildman–Crippen MR) is 117 cm³/mol. The molecule has 1 N–H and O–H groups in total. The normalized spacial score (nSPS) is 20.1. The Labute approximate surface area is 181 Å². The molecule has 2 atom stereocenters. The second-order valence-corrected chi connectivity index (χ2v) is 8.85. The molecule has 0 radical (unpaired) electrons. The van der Waals surface area contributed by atoms with Gasteiger partial charge in [0.05, 0.1) is 11.9 Å². The average molecular weight is 421 g/mol. The molecule has 0 spiro atoms. The van der Waals surface area contributed by atoms with Crippen molar-refractivity contribution in [1.29, 1.82) is 0 Å². The Morgan fingerprint density at radius 3 is 2.94 bits per heavy atom. The average Bonchev–Trinajstić information content (AvgIpc) is 3.48. The highest BCUT2D eigenvalue weighted by molar-refractivity contribution is 5.94. The molecule has 31 heavy (non-hydrogen) atoms. The van der Waals surface area contributed by atoms with Gasteiger partial charge in [-0.25, -0.2) is 4.98 Å². The molecule has 3 aromatic heterocycles. The van der Waals surface area contributed by atoms with Crippen molar-refractivity contribution in [3.05, 3.63) is 76.5 Å². The Kier molecular flexibility index (Phi) is 5.23. The van der Waals surface area contributed by atoms with Crippen LogP contribution in [-0.2, 0) is 19.6 Å². The fourth-order valence-electron chi connectivity index (χ4n) is 4.99. The molecule has 2 aliphatic rings. The van der Waals surface area contributed by atoms with Gasteiger partial charge < -0.3 is 23.9 Å². The first kappa shape index (κ1) is 19.8. The SMILES string of the molecule is CN(CCn1ccnc1)Cc1ccc2n(c1=O)C[C@H]1C[C@@H]2CN(C(=O)c2cc[nH]c2)C1. The number of carbonyl (C=O) groups is 1. The van der Waals surface area contributed by atoms with E-state index in [9.17, 15) is 9.59 Å². The molecule has 8 heteroatoms. The van der Waals surface area contributed by atoms with Gasteiger partial charge in [0.1, 0.15) is 0 Å². The third-order valence-electron chi connectivity index (χ3n) is 6.55. The molecular weight excluding hydrogens is 392 g/mol. The first-order valence-corrected chi connectivity index (χ1v) is 10.9. The summed E-state index contributed by atoms with van der Waals surface area (Å²) < 4.78 is 4.01. The molecule has 2 bridgehead atoms. The molecule has 0 unspecified atom stereocenters. The number of hydrogen-bond acceptors (Lipinski definition) is 4. The zero-order chi connectivity index (χ0) is 21.4. The number of aromatic amines is 1. The van der Waals surface area contributed by atoms with Gasteiger partial charge >= 0.3 is 0 Å². The highest BCUT2D eigenvalue weighted by Gasteiger charge is 2.37. The van der Waals surface area contributed by atoms with Gasteiger partial charge in [-0.1, -0.05) is 6.07 Å². The molecule has 0 aliphatic carbocycles. The predicted octanol–water partition coefficient (Wildman–Crippen LogP) is 1.76. The molecule has 0 aromatic carbocycles. The summed E-state index contributed by atoms with van der Waals surface area (Å²) >= 11 is 0. The van der Waals surface area contributed by atoms with Crippen LogP contribution in [0, 0.1) is 5.92 Å². The summed E-state index contributed by atoms with van der Waals surface area (Å²) in [5.74, 6) is 0.611. The van der Waals surface area contributed by atoms with Crippen LogP contribution in [0.3, 0.4) is 0 Å². The molecule has 5 heterocycles. The van der Waals surface area contributed by atoms with Gasteiger partial charge in [0.15, 0.2) is 0 Å². The Morgan fingerprint density at radius 2 is 2.16 bits per heavy atom. The van der Waals surface area contributed by atoms with Crippen molar-refractivity contribution in [3.8, 4) is 0 Å². The smallest absolute Gasteiger partial charge is 0.255 e. The van der Waals surface area contributed by atoms with Gasteiger partial charge in [-0.05, 0) is 31.5 Å². The number of nitrogens with zero attached hydrogens (tertiary/aromatic N) is 5. The monoisotopic (exact) mass is 420 g/mol. The maximum Gasteiger partial charge on any atom is 0.255 e. The zero-order valence-electron chi connectivity index (χ0n) is 17.8. The second kappa shape index (κ2) is 8.19. The third kappa shape index (κ3) is 3.95. The van der Waals surface area contributed by atoms with Crippen molar-refractivity contribution in [2.45, 2.75) is 32.0 Å². The molecule has 0 saturated carbocycles. The Balaban J connectivity index is 1.30. The number of pyridine rings is 1. The van der Waals surface area contributed by atoms with Crippen molar-refractivity contribution >= 4 is 5.91 Å². The number of H-pyrrole nitrogens is 1. The van der Waals surface area contributed by atoms with E-state index in [1.54, 1.807) is 18.6 Å². The molecule has 5 rings (SSSR count). The number of fused-ring (bicyclic) bond motifs is 4. The van der Waals surface area contributed by atoms with E-state index in [0.29, 0.717) is 37.7 Å². The Bertz CT molecular complexity index is 1100. The molecule has 162 valence electrons. The lowest BCUT2D eigenvalue weighted by atomic mass is 9.82. The van der Waals surface area contributed by atoms with Gasteiger partial charge in [-0.2, -0.15) is 0 Å². The van der Waals surface area contributed by atoms with E-state index in [1.807, 2.05) is 45.7 Å². The summed E-state index contributed by atoms with van der Waals surface area (Å²) in [7, 11) is 2.04. The molecule has 3 aromatic rings. The van der Waals surface area contributed by atoms with E-state index >= 15 is 0 Å². The fourth-order valence-corrected chi connectivity index (χ4v) is 4.99. The number of imidazole rings is 1. The number of likely N-dealkylation sites (N-methyl/N-ethyl adjacent to an activating group) is 1. The summed E-state index contributed by atoms with van der Waals surface area (Å²) in [5, 5.41) is 0. The maximum absolute atomic E-state index is 13.3. The zero-order valence-corrected chi connectivity index (χ0v) is 17.8. The number of likely N-dealkylation sites (tertiary alicyclic amines) is 1. The Morgan fingerprint density at radius 1 is 1.26 bits per heavy atom. The van der Waals surface area contributed by atoms with Crippen molar-refractivity contribution in [1.82, 2.24) is 28.9 Å². The van der Waals surface area contributed by atoms with E-state index in [0.717, 1.165) is 30.8 Å². The van der Waals surface area contributed by atoms with Crippen LogP contribution < -0.4 is 5.56 Å². The van der Waals surface area contributed by atoms with Crippen LogP contribution >= 0.6 is 0 Å². The van der Waals surface area contributed by atoms with Crippen LogP contribution in [0.25, 0.3) is 0 Å². The van der Waals surface area contributed by atoms with Crippen molar-refractivity contribution in [3.63, 3.8) is 0 Å². The fraction of sp³-hybridized carbons (Fsp3) is 0.435. The molecule has 1 saturated heterocycles. The first-order chi connectivity index (χ1) is 15.1. The topological polar surface area (TPSA) is 79.2 Å². The van der Waals surface area contributed by atoms with Gasteiger partial charge in [0.2, 0.25) is 0 Å². The van der Waals surface area contributed by atoms with Crippen molar-refractivity contribution in [2.24, 2.45) is 5.92 Å². The quantitative estimate of drug-likeness (QED) is 0.659. The molecular formula is C23H28N6O2. The lowest BCUT2D eigenvalue weighted by Crippen LogP contribution is -2.49. The molecule has 8 nitrogen and oxygen atoms in total. The minimum absolute atomic E-state index is 0.0721. The minimum Gasteiger partial charge on any atom is -0.367 e. The van der Waals surface area contributed by atoms with Crippen LogP contribution in [0.5, 0.6) is 0 Å². The van der Waals surface area contributed by atoms with Gasteiger partial charge in [-0.3, -0.25) is 9.59 Å². The van der Waals surface area contributed by atoms with Gasteiger partial charge in [-0.15, -0.1) is 0 Å². The van der Waals surface area contributed by atoms with Crippen LogP contribution in [0.4, 0.5) is 0 Å². The summed E-state index contributed by atoms with van der Waals surface area (Å²) in [5.41, 5.74) is 2.72. The van der Waals surface area contributed by atoms with Crippen LogP contribution in [0.1, 0.15) is 34.0 Å². The molecule has 1 amide bonds. The number of nitrogens with one attached hydrogen (secondary N) is 1. The number of amides is 1. The lowest BCUT2D eigenvalue weighted by Gasteiger charge is -2.43. The van der Waals surface area contributed by atoms with Crippen LogP contribution in [0.2, 0.25) is 0 Å². The molecule has 1 fully saturated rings. The van der Waals surface area contributed by atoms with Crippen LogP contribution in [0.15, 0.2) is 54.1 Å². The summed E-state index contributed by atoms with van der Waals surface area (Å²) in [4.78, 5) is 37.2. The number of rotatable bonds is 6. The summed E-state index contributed by atoms with van der Waals surface area (Å²) in [6, 6.07) is 5.90. The number of piperidine rings is 1. The van der Waals surface area contributed by atoms with Crippen molar-refractivity contribution in [2.75, 3.05) is 26.7 Å². The van der Waals surface area contributed by atoms with Gasteiger partial charge in [0.25, 0.3) is 11.5 Å². The minimum atomic E-state index is 0.0721. The second-order valence-electron chi connectivity index (χ2n) is 8.85. The molecule has 2 aliphatic heterocycles. The van der Waals surface area contributed by atoms with Crippen LogP contribution in [-0.4, -0.2) is 61.5 Å². The van der Waals surface area contributed by atoms with E-state index in [-0.39, 0.29) is 17.4 Å². The van der Waals surface area contributed by atoms with E-state index in [2.05, 4.69) is 20.9 Å². The largest absolute Gasteiger partial charge is 0.367 e. The summed E-state index contributed by atoms with van der Waals surface area (Å²) in [6.07, 6.45) is 10.1. The first-order valence-electron chi connectivity index (χ1n) is 10.9.